The van der Waals surface area contributed by atoms with Crippen LogP contribution in [0.15, 0.2) is 29.9 Å². The first-order valence-corrected chi connectivity index (χ1v) is 6.84. The minimum Gasteiger partial charge on any atom is -0.352 e. The molecule has 0 unspecified atom stereocenters. The van der Waals surface area contributed by atoms with Gasteiger partial charge >= 0.3 is 0 Å². The summed E-state index contributed by atoms with van der Waals surface area (Å²) in [4.78, 5) is 19.9. The third-order valence-electron chi connectivity index (χ3n) is 2.26. The number of thiazole rings is 1. The maximum atomic E-state index is 11.7. The second-order valence-corrected chi connectivity index (χ2v) is 4.89. The number of nitrogens with one attached hydrogen (secondary N) is 1. The zero-order valence-corrected chi connectivity index (χ0v) is 11.2. The van der Waals surface area contributed by atoms with Crippen molar-refractivity contribution in [1.82, 2.24) is 15.3 Å². The summed E-state index contributed by atoms with van der Waals surface area (Å²) in [6.07, 6.45) is 3.73. The highest BCUT2D eigenvalue weighted by Crippen LogP contribution is 2.12. The monoisotopic (exact) mass is 281 g/mol. The topological polar surface area (TPSA) is 54.9 Å². The molecule has 0 fully saturated rings. The Balaban J connectivity index is 1.82. The molecule has 2 aromatic rings. The van der Waals surface area contributed by atoms with Crippen molar-refractivity contribution in [2.75, 3.05) is 0 Å². The zero-order chi connectivity index (χ0) is 12.8. The number of aromatic nitrogens is 2. The van der Waals surface area contributed by atoms with Crippen molar-refractivity contribution >= 4 is 28.8 Å². The van der Waals surface area contributed by atoms with E-state index in [1.54, 1.807) is 12.4 Å². The molecule has 0 bridgehead atoms. The Hall–Kier alpha value is -1.46. The van der Waals surface area contributed by atoms with Crippen LogP contribution >= 0.6 is 22.9 Å². The van der Waals surface area contributed by atoms with Gasteiger partial charge in [-0.1, -0.05) is 6.07 Å². The number of pyridine rings is 1. The summed E-state index contributed by atoms with van der Waals surface area (Å²) >= 11 is 7.11. The predicted octanol–water partition coefficient (Wildman–Crippen LogP) is 2.14. The summed E-state index contributed by atoms with van der Waals surface area (Å²) in [5.41, 5.74) is 1.79. The normalized spacial score (nSPS) is 10.3. The molecule has 0 aliphatic heterocycles. The van der Waals surface area contributed by atoms with Gasteiger partial charge in [0, 0.05) is 24.3 Å². The molecule has 2 rings (SSSR count). The van der Waals surface area contributed by atoms with E-state index in [1.165, 1.54) is 11.3 Å². The molecule has 0 radical (unpaired) electrons. The minimum atomic E-state index is -0.0469. The van der Waals surface area contributed by atoms with E-state index in [2.05, 4.69) is 15.3 Å². The Labute approximate surface area is 114 Å². The van der Waals surface area contributed by atoms with Gasteiger partial charge in [0.25, 0.3) is 0 Å². The van der Waals surface area contributed by atoms with E-state index >= 15 is 0 Å². The van der Waals surface area contributed by atoms with E-state index in [0.29, 0.717) is 18.8 Å². The zero-order valence-electron chi connectivity index (χ0n) is 9.60. The number of carbonyl (C=O) groups is 1. The molecule has 1 amide bonds. The van der Waals surface area contributed by atoms with Crippen molar-refractivity contribution < 1.29 is 4.79 Å². The molecule has 0 saturated heterocycles. The lowest BCUT2D eigenvalue weighted by atomic mass is 10.3. The van der Waals surface area contributed by atoms with E-state index in [0.717, 1.165) is 16.3 Å². The van der Waals surface area contributed by atoms with Crippen LogP contribution in [-0.2, 0) is 23.6 Å². The van der Waals surface area contributed by atoms with Gasteiger partial charge in [0.2, 0.25) is 5.91 Å². The summed E-state index contributed by atoms with van der Waals surface area (Å²) in [5, 5.41) is 5.49. The fourth-order valence-corrected chi connectivity index (χ4v) is 2.42. The van der Waals surface area contributed by atoms with Gasteiger partial charge in [0.15, 0.2) is 0 Å². The number of hydrogen-bond donors (Lipinski definition) is 1. The third kappa shape index (κ3) is 3.78. The van der Waals surface area contributed by atoms with Gasteiger partial charge < -0.3 is 5.32 Å². The first kappa shape index (κ1) is 13.0. The van der Waals surface area contributed by atoms with Gasteiger partial charge in [-0.3, -0.25) is 9.78 Å². The molecule has 6 heteroatoms. The molecule has 4 nitrogen and oxygen atoms in total. The molecule has 94 valence electrons. The molecular weight excluding hydrogens is 270 g/mol. The van der Waals surface area contributed by atoms with Crippen molar-refractivity contribution in [1.29, 1.82) is 0 Å². The van der Waals surface area contributed by atoms with Gasteiger partial charge in [-0.15, -0.1) is 22.9 Å². The van der Waals surface area contributed by atoms with E-state index in [-0.39, 0.29) is 5.91 Å². The van der Waals surface area contributed by atoms with Crippen LogP contribution in [0.2, 0.25) is 0 Å². The summed E-state index contributed by atoms with van der Waals surface area (Å²) in [7, 11) is 0. The molecular formula is C12H12ClN3OS. The summed E-state index contributed by atoms with van der Waals surface area (Å²) in [6, 6.07) is 3.76. The number of hydrogen-bond acceptors (Lipinski definition) is 4. The van der Waals surface area contributed by atoms with Crippen molar-refractivity contribution in [3.8, 4) is 0 Å². The maximum Gasteiger partial charge on any atom is 0.227 e. The quantitative estimate of drug-likeness (QED) is 0.854. The summed E-state index contributed by atoms with van der Waals surface area (Å²) in [6.45, 7) is 0.487. The summed E-state index contributed by atoms with van der Waals surface area (Å²) in [5.74, 6) is 0.336. The first-order chi connectivity index (χ1) is 8.78. The van der Waals surface area contributed by atoms with Gasteiger partial charge in [-0.2, -0.15) is 0 Å². The number of amides is 1. The third-order valence-corrected chi connectivity index (χ3v) is 3.43. The van der Waals surface area contributed by atoms with Gasteiger partial charge in [-0.25, -0.2) is 4.98 Å². The minimum absolute atomic E-state index is 0.0469. The molecule has 0 aromatic carbocycles. The number of carbonyl (C=O) groups excluding carboxylic acids is 1. The van der Waals surface area contributed by atoms with Crippen LogP contribution in [0.3, 0.4) is 0 Å². The van der Waals surface area contributed by atoms with E-state index in [4.69, 9.17) is 11.6 Å². The molecule has 2 heterocycles. The molecule has 0 spiro atoms. The molecule has 18 heavy (non-hydrogen) atoms. The van der Waals surface area contributed by atoms with Gasteiger partial charge in [0.1, 0.15) is 5.01 Å². The lowest BCUT2D eigenvalue weighted by Gasteiger charge is -2.03. The smallest absolute Gasteiger partial charge is 0.227 e. The Bertz CT molecular complexity index is 515. The van der Waals surface area contributed by atoms with E-state index in [1.807, 2.05) is 17.5 Å². The van der Waals surface area contributed by atoms with E-state index < -0.39 is 0 Å². The number of alkyl halides is 1. The SMILES string of the molecule is O=C(Cc1nc(CCl)cs1)NCc1cccnc1. The highest BCUT2D eigenvalue weighted by Gasteiger charge is 2.07. The summed E-state index contributed by atoms with van der Waals surface area (Å²) < 4.78 is 0. The van der Waals surface area contributed by atoms with Crippen LogP contribution in [0.4, 0.5) is 0 Å². The van der Waals surface area contributed by atoms with Crippen LogP contribution < -0.4 is 5.32 Å². The predicted molar refractivity (Wildman–Crippen MR) is 71.5 cm³/mol. The average Bonchev–Trinajstić information content (AvgIpc) is 2.85. The number of halogens is 1. The molecule has 0 aliphatic carbocycles. The van der Waals surface area contributed by atoms with Crippen LogP contribution in [-0.4, -0.2) is 15.9 Å². The second kappa shape index (κ2) is 6.47. The lowest BCUT2D eigenvalue weighted by Crippen LogP contribution is -2.24. The molecule has 0 atom stereocenters. The lowest BCUT2D eigenvalue weighted by molar-refractivity contribution is -0.120. The molecule has 0 saturated carbocycles. The maximum absolute atomic E-state index is 11.7. The molecule has 1 N–H and O–H groups in total. The number of nitrogens with zero attached hydrogens (tertiary/aromatic N) is 2. The number of rotatable bonds is 5. The van der Waals surface area contributed by atoms with Crippen molar-refractivity contribution in [2.45, 2.75) is 18.8 Å². The highest BCUT2D eigenvalue weighted by atomic mass is 35.5. The standard InChI is InChI=1S/C12H12ClN3OS/c13-5-10-8-18-12(16-10)4-11(17)15-7-9-2-1-3-14-6-9/h1-3,6,8H,4-5,7H2,(H,15,17). The van der Waals surface area contributed by atoms with Crippen LogP contribution in [0.5, 0.6) is 0 Å². The van der Waals surface area contributed by atoms with Crippen LogP contribution in [0, 0.1) is 0 Å². The Morgan fingerprint density at radius 2 is 2.39 bits per heavy atom. The van der Waals surface area contributed by atoms with Crippen LogP contribution in [0.25, 0.3) is 0 Å². The fraction of sp³-hybridized carbons (Fsp3) is 0.250. The van der Waals surface area contributed by atoms with Gasteiger partial charge in [0.05, 0.1) is 18.0 Å². The van der Waals surface area contributed by atoms with Gasteiger partial charge in [-0.05, 0) is 11.6 Å². The highest BCUT2D eigenvalue weighted by molar-refractivity contribution is 7.09. The van der Waals surface area contributed by atoms with Crippen molar-refractivity contribution in [2.24, 2.45) is 0 Å². The van der Waals surface area contributed by atoms with Crippen molar-refractivity contribution in [3.63, 3.8) is 0 Å². The van der Waals surface area contributed by atoms with Crippen LogP contribution in [0.1, 0.15) is 16.3 Å². The average molecular weight is 282 g/mol. The van der Waals surface area contributed by atoms with E-state index in [9.17, 15) is 4.79 Å². The Morgan fingerprint density at radius 3 is 3.06 bits per heavy atom. The van der Waals surface area contributed by atoms with Crippen molar-refractivity contribution in [3.05, 3.63) is 46.2 Å². The Kier molecular flexibility index (Phi) is 4.66. The second-order valence-electron chi connectivity index (χ2n) is 3.68. The largest absolute Gasteiger partial charge is 0.352 e. The molecule has 2 aromatic heterocycles. The molecule has 0 aliphatic rings. The Morgan fingerprint density at radius 1 is 1.50 bits per heavy atom. The fourth-order valence-electron chi connectivity index (χ4n) is 1.39. The first-order valence-electron chi connectivity index (χ1n) is 5.43.